The van der Waals surface area contributed by atoms with Crippen molar-refractivity contribution in [3.05, 3.63) is 41.5 Å². The molecule has 3 unspecified atom stereocenters. The predicted molar refractivity (Wildman–Crippen MR) is 104 cm³/mol. The monoisotopic (exact) mass is 406 g/mol. The number of hydrogen-bond donors (Lipinski definition) is 3. The number of ether oxygens (including phenoxy) is 1. The average molecular weight is 406 g/mol. The third-order valence-electron chi connectivity index (χ3n) is 5.24. The fourth-order valence-electron chi connectivity index (χ4n) is 3.67. The molecule has 1 aromatic heterocycles. The molecule has 4 rings (SSSR count). The largest absolute Gasteiger partial charge is 0.593 e. The fraction of sp³-hybridized carbons (Fsp3) is 0.421. The van der Waals surface area contributed by atoms with Crippen molar-refractivity contribution >= 4 is 23.0 Å². The summed E-state index contributed by atoms with van der Waals surface area (Å²) in [6, 6.07) is 4.49. The number of rotatable bonds is 2. The number of halogens is 1. The van der Waals surface area contributed by atoms with E-state index in [0.29, 0.717) is 28.5 Å². The van der Waals surface area contributed by atoms with Crippen molar-refractivity contribution in [3.63, 3.8) is 0 Å². The van der Waals surface area contributed by atoms with Gasteiger partial charge in [0.25, 0.3) is 5.91 Å². The van der Waals surface area contributed by atoms with Gasteiger partial charge < -0.3 is 24.5 Å². The van der Waals surface area contributed by atoms with Gasteiger partial charge in [-0.25, -0.2) is 4.39 Å². The highest BCUT2D eigenvalue weighted by molar-refractivity contribution is 7.89. The van der Waals surface area contributed by atoms with Crippen LogP contribution in [0, 0.1) is 18.7 Å². The number of fused-ring (bicyclic) bond motifs is 2. The zero-order chi connectivity index (χ0) is 19.8. The van der Waals surface area contributed by atoms with E-state index in [0.717, 1.165) is 19.5 Å². The highest BCUT2D eigenvalue weighted by atomic mass is 32.2. The summed E-state index contributed by atoms with van der Waals surface area (Å²) < 4.78 is 37.1. The normalized spacial score (nSPS) is 24.4. The molecule has 150 valence electrons. The van der Waals surface area contributed by atoms with Crippen LogP contribution in [0.3, 0.4) is 0 Å². The number of aromatic nitrogens is 1. The minimum absolute atomic E-state index is 0.106. The summed E-state index contributed by atoms with van der Waals surface area (Å²) in [6.07, 6.45) is 2.53. The van der Waals surface area contributed by atoms with E-state index in [2.05, 4.69) is 15.4 Å². The Balaban J connectivity index is 1.62. The molecule has 3 atom stereocenters. The van der Waals surface area contributed by atoms with E-state index in [1.165, 1.54) is 12.1 Å². The Morgan fingerprint density at radius 3 is 3.07 bits per heavy atom. The summed E-state index contributed by atoms with van der Waals surface area (Å²) in [5.41, 5.74) is 1.22. The number of hydrogen-bond acceptors (Lipinski definition) is 5. The Bertz CT molecular complexity index is 904. The SMILES string of the molecule is Cc1cc(NC(=O)c2c3c(cn2C)[S+]([O-])NC2CCNCC2CO3)ccc1F. The molecule has 0 radical (unpaired) electrons. The number of carbonyl (C=O) groups is 1. The average Bonchev–Trinajstić information content (AvgIpc) is 2.99. The second kappa shape index (κ2) is 7.75. The van der Waals surface area contributed by atoms with Gasteiger partial charge in [0.2, 0.25) is 10.6 Å². The Morgan fingerprint density at radius 1 is 1.46 bits per heavy atom. The Labute approximate surface area is 166 Å². The van der Waals surface area contributed by atoms with Gasteiger partial charge in [-0.1, -0.05) is 0 Å². The summed E-state index contributed by atoms with van der Waals surface area (Å²) in [6.45, 7) is 3.70. The van der Waals surface area contributed by atoms with Crippen molar-refractivity contribution in [2.75, 3.05) is 25.0 Å². The molecule has 2 aliphatic rings. The zero-order valence-corrected chi connectivity index (χ0v) is 16.6. The first kappa shape index (κ1) is 19.3. The zero-order valence-electron chi connectivity index (χ0n) is 15.8. The van der Waals surface area contributed by atoms with Crippen LogP contribution in [0.5, 0.6) is 5.75 Å². The fourth-order valence-corrected chi connectivity index (χ4v) is 4.96. The molecule has 3 heterocycles. The molecule has 28 heavy (non-hydrogen) atoms. The Morgan fingerprint density at radius 2 is 2.29 bits per heavy atom. The molecule has 2 aromatic rings. The third kappa shape index (κ3) is 3.62. The van der Waals surface area contributed by atoms with Crippen molar-refractivity contribution in [1.82, 2.24) is 14.6 Å². The molecule has 1 saturated heterocycles. The van der Waals surface area contributed by atoms with E-state index >= 15 is 0 Å². The van der Waals surface area contributed by atoms with Crippen LogP contribution in [0.1, 0.15) is 22.5 Å². The highest BCUT2D eigenvalue weighted by Crippen LogP contribution is 2.34. The smallest absolute Gasteiger partial charge is 0.276 e. The lowest BCUT2D eigenvalue weighted by Gasteiger charge is -2.33. The van der Waals surface area contributed by atoms with Crippen LogP contribution >= 0.6 is 0 Å². The second-order valence-corrected chi connectivity index (χ2v) is 8.47. The molecule has 7 nitrogen and oxygen atoms in total. The third-order valence-corrected chi connectivity index (χ3v) is 6.45. The molecule has 0 saturated carbocycles. The van der Waals surface area contributed by atoms with E-state index in [4.69, 9.17) is 4.74 Å². The molecule has 1 aromatic carbocycles. The van der Waals surface area contributed by atoms with Crippen LogP contribution in [0.25, 0.3) is 0 Å². The van der Waals surface area contributed by atoms with Gasteiger partial charge in [-0.05, 0) is 43.7 Å². The van der Waals surface area contributed by atoms with Gasteiger partial charge in [-0.2, -0.15) is 0 Å². The second-order valence-electron chi connectivity index (χ2n) is 7.26. The van der Waals surface area contributed by atoms with Crippen molar-refractivity contribution in [1.29, 1.82) is 0 Å². The summed E-state index contributed by atoms with van der Waals surface area (Å²) in [4.78, 5) is 13.4. The highest BCUT2D eigenvalue weighted by Gasteiger charge is 2.37. The van der Waals surface area contributed by atoms with Crippen LogP contribution < -0.4 is 20.1 Å². The van der Waals surface area contributed by atoms with Gasteiger partial charge >= 0.3 is 0 Å². The molecule has 3 N–H and O–H groups in total. The Hall–Kier alpha value is -2.07. The number of benzene rings is 1. The van der Waals surface area contributed by atoms with Gasteiger partial charge in [0.15, 0.2) is 5.69 Å². The van der Waals surface area contributed by atoms with Gasteiger partial charge in [-0.3, -0.25) is 4.79 Å². The maximum absolute atomic E-state index is 13.5. The summed E-state index contributed by atoms with van der Waals surface area (Å²) in [5, 5.41) is 6.09. The van der Waals surface area contributed by atoms with Crippen LogP contribution in [-0.2, 0) is 18.4 Å². The first-order chi connectivity index (χ1) is 13.4. The quantitative estimate of drug-likeness (QED) is 0.661. The van der Waals surface area contributed by atoms with Crippen molar-refractivity contribution in [2.45, 2.75) is 24.3 Å². The molecule has 9 heteroatoms. The lowest BCUT2D eigenvalue weighted by molar-refractivity contribution is 0.101. The first-order valence-corrected chi connectivity index (χ1v) is 10.4. The van der Waals surface area contributed by atoms with Gasteiger partial charge in [0.1, 0.15) is 5.82 Å². The van der Waals surface area contributed by atoms with Crippen molar-refractivity contribution in [2.24, 2.45) is 13.0 Å². The number of piperidine rings is 1. The van der Waals surface area contributed by atoms with Gasteiger partial charge in [0.05, 0.1) is 30.2 Å². The van der Waals surface area contributed by atoms with Crippen LogP contribution in [0.4, 0.5) is 10.1 Å². The molecule has 1 fully saturated rings. The number of carbonyl (C=O) groups excluding carboxylic acids is 1. The van der Waals surface area contributed by atoms with Crippen molar-refractivity contribution < 1.29 is 18.5 Å². The number of amides is 1. The van der Waals surface area contributed by atoms with Crippen LogP contribution in [0.2, 0.25) is 0 Å². The van der Waals surface area contributed by atoms with E-state index < -0.39 is 17.3 Å². The predicted octanol–water partition coefficient (Wildman–Crippen LogP) is 1.71. The number of anilines is 1. The van der Waals surface area contributed by atoms with Gasteiger partial charge in [-0.15, -0.1) is 4.72 Å². The molecule has 0 aliphatic carbocycles. The molecule has 0 spiro atoms. The van der Waals surface area contributed by atoms with E-state index in [1.54, 1.807) is 30.8 Å². The standard InChI is InChI=1S/C19H23FN4O3S/c1-11-7-13(3-4-14(11)20)22-19(25)17-18-16(9-24(17)2)28(26)23-15-5-6-21-8-12(15)10-27-18/h3-4,7,9,12,15,21,23H,5-6,8,10H2,1-2H3,(H,22,25). The van der Waals surface area contributed by atoms with Crippen molar-refractivity contribution in [3.8, 4) is 5.75 Å². The van der Waals surface area contributed by atoms with Crippen LogP contribution in [0.15, 0.2) is 29.3 Å². The summed E-state index contributed by atoms with van der Waals surface area (Å²) >= 11 is -1.47. The molecular weight excluding hydrogens is 383 g/mol. The van der Waals surface area contributed by atoms with Crippen LogP contribution in [-0.4, -0.2) is 40.8 Å². The van der Waals surface area contributed by atoms with E-state index in [9.17, 15) is 13.7 Å². The number of nitrogens with one attached hydrogen (secondary N) is 3. The lowest BCUT2D eigenvalue weighted by Crippen LogP contribution is -2.52. The molecule has 0 bridgehead atoms. The summed E-state index contributed by atoms with van der Waals surface area (Å²) in [5.74, 6) is -0.233. The molecule has 2 aliphatic heterocycles. The maximum Gasteiger partial charge on any atom is 0.276 e. The number of aryl methyl sites for hydroxylation is 2. The van der Waals surface area contributed by atoms with E-state index in [1.807, 2.05) is 0 Å². The summed E-state index contributed by atoms with van der Waals surface area (Å²) in [7, 11) is 1.71. The Kier molecular flexibility index (Phi) is 5.33. The minimum Gasteiger partial charge on any atom is -0.593 e. The van der Waals surface area contributed by atoms with E-state index in [-0.39, 0.29) is 23.5 Å². The topological polar surface area (TPSA) is 90.4 Å². The first-order valence-electron chi connectivity index (χ1n) is 9.22. The maximum atomic E-state index is 13.5. The number of nitrogens with zero attached hydrogens (tertiary/aromatic N) is 1. The lowest BCUT2D eigenvalue weighted by atomic mass is 9.95. The van der Waals surface area contributed by atoms with Gasteiger partial charge in [0, 0.05) is 25.2 Å². The molecular formula is C19H23FN4O3S. The minimum atomic E-state index is -1.47. The molecule has 1 amide bonds.